The molecule has 1 aliphatic rings. The van der Waals surface area contributed by atoms with Crippen LogP contribution in [0.15, 0.2) is 29.8 Å². The Morgan fingerprint density at radius 3 is 2.95 bits per heavy atom. The first-order valence-electron chi connectivity index (χ1n) is 7.23. The second kappa shape index (κ2) is 7.82. The zero-order chi connectivity index (χ0) is 16.1. The van der Waals surface area contributed by atoms with Crippen LogP contribution in [-0.2, 0) is 4.74 Å². The molecule has 0 bridgehead atoms. The molecular weight excluding hydrogens is 395 g/mol. The first kappa shape index (κ1) is 17.1. The van der Waals surface area contributed by atoms with Gasteiger partial charge in [-0.15, -0.1) is 0 Å². The van der Waals surface area contributed by atoms with Crippen molar-refractivity contribution in [1.29, 1.82) is 0 Å². The molecule has 0 saturated carbocycles. The van der Waals surface area contributed by atoms with Crippen molar-refractivity contribution in [3.05, 3.63) is 39.0 Å². The summed E-state index contributed by atoms with van der Waals surface area (Å²) in [6, 6.07) is 6.09. The quantitative estimate of drug-likeness (QED) is 0.580. The van der Waals surface area contributed by atoms with Gasteiger partial charge in [0.15, 0.2) is 0 Å². The summed E-state index contributed by atoms with van der Waals surface area (Å²) in [6.45, 7) is 6.20. The normalized spacial score (nSPS) is 18.0. The third-order valence-electron chi connectivity index (χ3n) is 3.50. The molecule has 2 rings (SSSR count). The van der Waals surface area contributed by atoms with Gasteiger partial charge in [0, 0.05) is 22.3 Å². The summed E-state index contributed by atoms with van der Waals surface area (Å²) in [5.74, 6) is 0. The minimum Gasteiger partial charge on any atom is -0.465 e. The fraction of sp³-hybridized carbons (Fsp3) is 0.438. The maximum atomic E-state index is 11.1. The van der Waals surface area contributed by atoms with Crippen LogP contribution in [0.3, 0.4) is 0 Å². The number of nitrogens with one attached hydrogen (secondary N) is 1. The molecular formula is C16H21IN2O3. The number of halogens is 1. The second-order valence-electron chi connectivity index (χ2n) is 5.49. The molecule has 6 heteroatoms. The van der Waals surface area contributed by atoms with Gasteiger partial charge in [0.1, 0.15) is 6.10 Å². The van der Waals surface area contributed by atoms with Crippen LogP contribution in [0.4, 0.5) is 10.5 Å². The first-order chi connectivity index (χ1) is 10.5. The van der Waals surface area contributed by atoms with E-state index in [1.54, 1.807) is 0 Å². The number of allylic oxidation sites excluding steroid dienone is 1. The Labute approximate surface area is 144 Å². The maximum Gasteiger partial charge on any atom is 0.407 e. The highest BCUT2D eigenvalue weighted by Gasteiger charge is 2.25. The van der Waals surface area contributed by atoms with Crippen molar-refractivity contribution in [3.8, 4) is 0 Å². The molecule has 5 nitrogen and oxygen atoms in total. The van der Waals surface area contributed by atoms with Crippen LogP contribution in [0.25, 0.3) is 0 Å². The highest BCUT2D eigenvalue weighted by atomic mass is 127. The van der Waals surface area contributed by atoms with Crippen LogP contribution < -0.4 is 5.32 Å². The Morgan fingerprint density at radius 1 is 1.55 bits per heavy atom. The molecule has 1 saturated heterocycles. The predicted octanol–water partition coefficient (Wildman–Crippen LogP) is 3.72. The lowest BCUT2D eigenvalue weighted by atomic mass is 10.1. The second-order valence-corrected chi connectivity index (χ2v) is 6.65. The standard InChI is InChI=1S/C16H21IN2O3/c1-11(2)5-6-18-14-4-3-12(9-13(14)17)15-10-19(16(20)21)7-8-22-15/h3-5,9,15,18H,6-8,10H2,1-2H3,(H,20,21). The Kier molecular flexibility index (Phi) is 6.07. The number of hydrogen-bond acceptors (Lipinski definition) is 3. The minimum atomic E-state index is -0.886. The van der Waals surface area contributed by atoms with E-state index in [2.05, 4.69) is 53.9 Å². The summed E-state index contributed by atoms with van der Waals surface area (Å²) in [5, 5.41) is 12.5. The zero-order valence-electron chi connectivity index (χ0n) is 12.8. The van der Waals surface area contributed by atoms with Gasteiger partial charge in [0.25, 0.3) is 0 Å². The molecule has 1 fully saturated rings. The number of rotatable bonds is 4. The number of morpholine rings is 1. The van der Waals surface area contributed by atoms with E-state index in [0.717, 1.165) is 21.4 Å². The molecule has 0 aromatic heterocycles. The van der Waals surface area contributed by atoms with Crippen LogP contribution >= 0.6 is 22.6 Å². The van der Waals surface area contributed by atoms with Crippen molar-refractivity contribution in [1.82, 2.24) is 4.90 Å². The number of amides is 1. The number of ether oxygens (including phenoxy) is 1. The Hall–Kier alpha value is -1.28. The van der Waals surface area contributed by atoms with Crippen molar-refractivity contribution in [2.75, 3.05) is 31.6 Å². The monoisotopic (exact) mass is 416 g/mol. The van der Waals surface area contributed by atoms with Crippen molar-refractivity contribution >= 4 is 34.4 Å². The fourth-order valence-corrected chi connectivity index (χ4v) is 2.99. The van der Waals surface area contributed by atoms with Gasteiger partial charge < -0.3 is 20.1 Å². The SMILES string of the molecule is CC(C)=CCNc1ccc(C2CN(C(=O)O)CCO2)cc1I. The van der Waals surface area contributed by atoms with E-state index in [9.17, 15) is 4.79 Å². The largest absolute Gasteiger partial charge is 0.465 e. The average Bonchev–Trinajstić information content (AvgIpc) is 2.48. The van der Waals surface area contributed by atoms with E-state index in [0.29, 0.717) is 19.7 Å². The van der Waals surface area contributed by atoms with Gasteiger partial charge in [-0.1, -0.05) is 17.7 Å². The van der Waals surface area contributed by atoms with E-state index in [1.165, 1.54) is 10.5 Å². The molecule has 1 heterocycles. The van der Waals surface area contributed by atoms with Gasteiger partial charge in [-0.2, -0.15) is 0 Å². The highest BCUT2D eigenvalue weighted by Crippen LogP contribution is 2.27. The van der Waals surface area contributed by atoms with Gasteiger partial charge in [-0.25, -0.2) is 4.79 Å². The molecule has 120 valence electrons. The van der Waals surface area contributed by atoms with E-state index in [1.807, 2.05) is 12.1 Å². The van der Waals surface area contributed by atoms with E-state index in [-0.39, 0.29) is 6.10 Å². The van der Waals surface area contributed by atoms with Crippen molar-refractivity contribution < 1.29 is 14.6 Å². The third-order valence-corrected chi connectivity index (χ3v) is 4.40. The minimum absolute atomic E-state index is 0.190. The lowest BCUT2D eigenvalue weighted by Gasteiger charge is -2.31. The maximum absolute atomic E-state index is 11.1. The molecule has 0 spiro atoms. The smallest absolute Gasteiger partial charge is 0.407 e. The lowest BCUT2D eigenvalue weighted by Crippen LogP contribution is -2.41. The van der Waals surface area contributed by atoms with Crippen LogP contribution in [0.1, 0.15) is 25.5 Å². The summed E-state index contributed by atoms with van der Waals surface area (Å²) >= 11 is 2.29. The van der Waals surface area contributed by atoms with E-state index in [4.69, 9.17) is 9.84 Å². The first-order valence-corrected chi connectivity index (χ1v) is 8.31. The molecule has 1 aliphatic heterocycles. The van der Waals surface area contributed by atoms with Crippen LogP contribution in [0.5, 0.6) is 0 Å². The number of benzene rings is 1. The summed E-state index contributed by atoms with van der Waals surface area (Å²) in [7, 11) is 0. The predicted molar refractivity (Wildman–Crippen MR) is 95.4 cm³/mol. The van der Waals surface area contributed by atoms with Gasteiger partial charge in [-0.05, 0) is 54.1 Å². The number of nitrogens with zero attached hydrogens (tertiary/aromatic N) is 1. The highest BCUT2D eigenvalue weighted by molar-refractivity contribution is 14.1. The zero-order valence-corrected chi connectivity index (χ0v) is 15.0. The van der Waals surface area contributed by atoms with Crippen LogP contribution in [-0.4, -0.2) is 42.3 Å². The summed E-state index contributed by atoms with van der Waals surface area (Å²) < 4.78 is 6.82. The van der Waals surface area contributed by atoms with E-state index >= 15 is 0 Å². The molecule has 1 amide bonds. The van der Waals surface area contributed by atoms with Crippen molar-refractivity contribution in [2.24, 2.45) is 0 Å². The number of carboxylic acid groups (broad SMARTS) is 1. The van der Waals surface area contributed by atoms with Gasteiger partial charge in [-0.3, -0.25) is 0 Å². The van der Waals surface area contributed by atoms with Gasteiger partial charge in [0.2, 0.25) is 0 Å². The summed E-state index contributed by atoms with van der Waals surface area (Å²) in [5.41, 5.74) is 3.37. The van der Waals surface area contributed by atoms with Crippen LogP contribution in [0, 0.1) is 3.57 Å². The number of hydrogen-bond donors (Lipinski definition) is 2. The topological polar surface area (TPSA) is 61.8 Å². The Morgan fingerprint density at radius 2 is 2.32 bits per heavy atom. The molecule has 0 aliphatic carbocycles. The Bertz CT molecular complexity index is 571. The molecule has 2 N–H and O–H groups in total. The Balaban J connectivity index is 2.05. The summed E-state index contributed by atoms with van der Waals surface area (Å²) in [4.78, 5) is 12.5. The van der Waals surface area contributed by atoms with Gasteiger partial charge in [0.05, 0.1) is 13.2 Å². The van der Waals surface area contributed by atoms with Crippen molar-refractivity contribution in [3.63, 3.8) is 0 Å². The molecule has 1 unspecified atom stereocenters. The molecule has 1 atom stereocenters. The fourth-order valence-electron chi connectivity index (χ4n) is 2.26. The number of carbonyl (C=O) groups is 1. The molecule has 22 heavy (non-hydrogen) atoms. The van der Waals surface area contributed by atoms with Crippen LogP contribution in [0.2, 0.25) is 0 Å². The third kappa shape index (κ3) is 4.61. The lowest BCUT2D eigenvalue weighted by molar-refractivity contribution is -0.0232. The number of anilines is 1. The molecule has 1 aromatic carbocycles. The summed E-state index contributed by atoms with van der Waals surface area (Å²) in [6.07, 6.45) is 1.06. The van der Waals surface area contributed by atoms with E-state index < -0.39 is 6.09 Å². The van der Waals surface area contributed by atoms with Crippen molar-refractivity contribution in [2.45, 2.75) is 20.0 Å². The average molecular weight is 416 g/mol. The van der Waals surface area contributed by atoms with Gasteiger partial charge >= 0.3 is 6.09 Å². The molecule has 0 radical (unpaired) electrons. The molecule has 1 aromatic rings.